The topological polar surface area (TPSA) is 56.5 Å². The van der Waals surface area contributed by atoms with Crippen LogP contribution >= 0.6 is 0 Å². The average molecular weight is 752 g/mol. The summed E-state index contributed by atoms with van der Waals surface area (Å²) in [5, 5.41) is 21.5. The SMILES string of the molecule is c1ccc(-c2nnc(-c3ccccc3)n2-c2ncc(-c3cc4ccc5cccc6c(-c7ccc8ccccc8c7)c(-c7ccc8ccccc8c7)c(c3)c4c56)cn2)cc1. The molecule has 2 heterocycles. The molecule has 2 aromatic heterocycles. The second kappa shape index (κ2) is 13.3. The van der Waals surface area contributed by atoms with Crippen LogP contribution in [0.4, 0.5) is 0 Å². The van der Waals surface area contributed by atoms with Crippen LogP contribution in [0.2, 0.25) is 0 Å². The van der Waals surface area contributed by atoms with Gasteiger partial charge in [0.05, 0.1) is 0 Å². The van der Waals surface area contributed by atoms with Gasteiger partial charge in [0.15, 0.2) is 11.6 Å². The van der Waals surface area contributed by atoms with E-state index in [0.29, 0.717) is 17.6 Å². The Bertz CT molecular complexity index is 3480. The molecule has 0 N–H and O–H groups in total. The molecule has 10 aromatic carbocycles. The van der Waals surface area contributed by atoms with E-state index in [0.717, 1.165) is 22.3 Å². The van der Waals surface area contributed by atoms with Gasteiger partial charge >= 0.3 is 0 Å². The van der Waals surface area contributed by atoms with E-state index in [2.05, 4.69) is 138 Å². The highest BCUT2D eigenvalue weighted by Gasteiger charge is 2.23. The van der Waals surface area contributed by atoms with Crippen molar-refractivity contribution in [1.82, 2.24) is 24.7 Å². The van der Waals surface area contributed by atoms with E-state index in [-0.39, 0.29) is 0 Å². The summed E-state index contributed by atoms with van der Waals surface area (Å²) in [5.41, 5.74) is 8.66. The molecule has 0 radical (unpaired) electrons. The van der Waals surface area contributed by atoms with Crippen molar-refractivity contribution >= 4 is 53.9 Å². The Morgan fingerprint density at radius 2 is 0.780 bits per heavy atom. The normalized spacial score (nSPS) is 11.7. The second-order valence-corrected chi connectivity index (χ2v) is 15.2. The maximum absolute atomic E-state index is 5.03. The smallest absolute Gasteiger partial charge is 0.237 e. The monoisotopic (exact) mass is 751 g/mol. The zero-order chi connectivity index (χ0) is 38.9. The van der Waals surface area contributed by atoms with Crippen molar-refractivity contribution in [2.75, 3.05) is 0 Å². The molecule has 59 heavy (non-hydrogen) atoms. The highest BCUT2D eigenvalue weighted by atomic mass is 15.3. The van der Waals surface area contributed by atoms with Gasteiger partial charge in [0.2, 0.25) is 5.95 Å². The Morgan fingerprint density at radius 3 is 1.39 bits per heavy atom. The van der Waals surface area contributed by atoms with Crippen LogP contribution in [-0.4, -0.2) is 24.7 Å². The first-order chi connectivity index (χ1) is 29.2. The minimum absolute atomic E-state index is 0.504. The highest BCUT2D eigenvalue weighted by molar-refractivity contribution is 6.31. The van der Waals surface area contributed by atoms with Crippen LogP contribution in [0.3, 0.4) is 0 Å². The van der Waals surface area contributed by atoms with Gasteiger partial charge in [-0.2, -0.15) is 0 Å². The van der Waals surface area contributed by atoms with Crippen molar-refractivity contribution < 1.29 is 0 Å². The predicted octanol–water partition coefficient (Wildman–Crippen LogP) is 13.6. The zero-order valence-corrected chi connectivity index (χ0v) is 31.8. The molecule has 0 atom stereocenters. The van der Waals surface area contributed by atoms with E-state index in [9.17, 15) is 0 Å². The first kappa shape index (κ1) is 33.2. The molecule has 0 aliphatic rings. The molecule has 0 saturated carbocycles. The summed E-state index contributed by atoms with van der Waals surface area (Å²) in [4.78, 5) is 10.1. The molecule has 0 spiro atoms. The lowest BCUT2D eigenvalue weighted by molar-refractivity contribution is 0.938. The summed E-state index contributed by atoms with van der Waals surface area (Å²) in [5.74, 6) is 1.87. The summed E-state index contributed by atoms with van der Waals surface area (Å²) in [6.07, 6.45) is 3.86. The van der Waals surface area contributed by atoms with Gasteiger partial charge in [-0.05, 0) is 106 Å². The van der Waals surface area contributed by atoms with Gasteiger partial charge in [-0.3, -0.25) is 0 Å². The second-order valence-electron chi connectivity index (χ2n) is 15.2. The molecule has 0 fully saturated rings. The Labute approximate surface area is 339 Å². The van der Waals surface area contributed by atoms with Gasteiger partial charge in [0, 0.05) is 29.1 Å². The molecule has 0 unspecified atom stereocenters. The van der Waals surface area contributed by atoms with Gasteiger partial charge in [0.1, 0.15) is 0 Å². The van der Waals surface area contributed by atoms with Crippen molar-refractivity contribution in [3.63, 3.8) is 0 Å². The Morgan fingerprint density at radius 1 is 0.305 bits per heavy atom. The van der Waals surface area contributed by atoms with Crippen molar-refractivity contribution in [2.45, 2.75) is 0 Å². The molecular formula is C54H33N5. The Balaban J connectivity index is 1.11. The summed E-state index contributed by atoms with van der Waals surface area (Å²) in [7, 11) is 0. The van der Waals surface area contributed by atoms with Crippen LogP contribution in [0.1, 0.15) is 0 Å². The molecule has 0 amide bonds. The summed E-state index contributed by atoms with van der Waals surface area (Å²) in [6.45, 7) is 0. The van der Waals surface area contributed by atoms with E-state index in [1.54, 1.807) is 0 Å². The van der Waals surface area contributed by atoms with Crippen LogP contribution < -0.4 is 0 Å². The molecule has 0 aliphatic carbocycles. The highest BCUT2D eigenvalue weighted by Crippen LogP contribution is 2.49. The fourth-order valence-corrected chi connectivity index (χ4v) is 8.98. The number of fused-ring (bicyclic) bond motifs is 2. The zero-order valence-electron chi connectivity index (χ0n) is 31.8. The number of rotatable bonds is 6. The Hall–Kier alpha value is -8.02. The molecule has 0 saturated heterocycles. The average Bonchev–Trinajstić information content (AvgIpc) is 3.76. The standard InChI is InChI=1S/C54H33N5/c1-3-14-37(15-4-1)52-57-58-53(38-16-5-2-6-17-38)59(52)54-55-32-45(33-56-54)44-30-43-27-24-36-20-11-21-46-48(36)50(43)47(31-44)51(42-26-23-35-13-8-10-19-40(35)29-42)49(46)41-25-22-34-12-7-9-18-39(34)28-41/h1-33H. The van der Waals surface area contributed by atoms with E-state index < -0.39 is 0 Å². The first-order valence-corrected chi connectivity index (χ1v) is 19.9. The number of hydrogen-bond donors (Lipinski definition) is 0. The largest absolute Gasteiger partial charge is 0.242 e. The molecule has 0 bridgehead atoms. The van der Waals surface area contributed by atoms with E-state index >= 15 is 0 Å². The van der Waals surface area contributed by atoms with Crippen molar-refractivity contribution in [3.8, 4) is 62.1 Å². The third-order valence-electron chi connectivity index (χ3n) is 11.7. The summed E-state index contributed by atoms with van der Waals surface area (Å²) < 4.78 is 1.95. The number of hydrogen-bond acceptors (Lipinski definition) is 4. The van der Waals surface area contributed by atoms with Crippen molar-refractivity contribution in [3.05, 3.63) is 200 Å². The van der Waals surface area contributed by atoms with Gasteiger partial charge < -0.3 is 0 Å². The quantitative estimate of drug-likeness (QED) is 0.159. The van der Waals surface area contributed by atoms with E-state index in [1.165, 1.54) is 76.1 Å². The molecule has 274 valence electrons. The predicted molar refractivity (Wildman–Crippen MR) is 243 cm³/mol. The Kier molecular flexibility index (Phi) is 7.47. The van der Waals surface area contributed by atoms with Gasteiger partial charge in [-0.1, -0.05) is 164 Å². The van der Waals surface area contributed by atoms with Crippen LogP contribution in [-0.2, 0) is 0 Å². The molecule has 12 rings (SSSR count). The molecule has 5 heteroatoms. The third kappa shape index (κ3) is 5.40. The van der Waals surface area contributed by atoms with Crippen LogP contribution in [0.25, 0.3) is 116 Å². The number of aromatic nitrogens is 5. The van der Waals surface area contributed by atoms with Crippen LogP contribution in [0.5, 0.6) is 0 Å². The van der Waals surface area contributed by atoms with Crippen molar-refractivity contribution in [1.29, 1.82) is 0 Å². The fourth-order valence-electron chi connectivity index (χ4n) is 8.98. The fraction of sp³-hybridized carbons (Fsp3) is 0. The van der Waals surface area contributed by atoms with Gasteiger partial charge in [0.25, 0.3) is 0 Å². The molecule has 12 aromatic rings. The minimum Gasteiger partial charge on any atom is -0.242 e. The summed E-state index contributed by atoms with van der Waals surface area (Å²) in [6, 6.07) is 67.1. The lowest BCUT2D eigenvalue weighted by Gasteiger charge is -2.22. The van der Waals surface area contributed by atoms with Crippen LogP contribution in [0.15, 0.2) is 200 Å². The number of nitrogens with zero attached hydrogens (tertiary/aromatic N) is 5. The van der Waals surface area contributed by atoms with Gasteiger partial charge in [-0.25, -0.2) is 14.5 Å². The first-order valence-electron chi connectivity index (χ1n) is 19.9. The van der Waals surface area contributed by atoms with E-state index in [4.69, 9.17) is 9.97 Å². The van der Waals surface area contributed by atoms with Gasteiger partial charge in [-0.15, -0.1) is 10.2 Å². The van der Waals surface area contributed by atoms with E-state index in [1.807, 2.05) is 77.6 Å². The van der Waals surface area contributed by atoms with Crippen molar-refractivity contribution in [2.24, 2.45) is 0 Å². The third-order valence-corrected chi connectivity index (χ3v) is 11.7. The number of benzene rings is 10. The lowest BCUT2D eigenvalue weighted by Crippen LogP contribution is -2.05. The maximum Gasteiger partial charge on any atom is 0.237 e. The van der Waals surface area contributed by atoms with Crippen LogP contribution in [0, 0.1) is 0 Å². The lowest BCUT2D eigenvalue weighted by atomic mass is 9.81. The molecule has 5 nitrogen and oxygen atoms in total. The molecular weight excluding hydrogens is 719 g/mol. The summed E-state index contributed by atoms with van der Waals surface area (Å²) >= 11 is 0. The maximum atomic E-state index is 5.03. The molecule has 0 aliphatic heterocycles. The minimum atomic E-state index is 0.504.